The molecule has 0 aliphatic rings. The first-order chi connectivity index (χ1) is 11.4. The van der Waals surface area contributed by atoms with E-state index in [0.717, 1.165) is 17.2 Å². The van der Waals surface area contributed by atoms with Crippen LogP contribution in [0, 0.1) is 25.5 Å². The molecule has 0 saturated heterocycles. The summed E-state index contributed by atoms with van der Waals surface area (Å²) in [7, 11) is 0. The average Bonchev–Trinajstić information content (AvgIpc) is 2.97. The lowest BCUT2D eigenvalue weighted by atomic mass is 10.1. The molecule has 0 spiro atoms. The molecule has 24 heavy (non-hydrogen) atoms. The molecule has 0 aliphatic heterocycles. The van der Waals surface area contributed by atoms with Gasteiger partial charge in [0.2, 0.25) is 0 Å². The van der Waals surface area contributed by atoms with Gasteiger partial charge in [-0.15, -0.1) is 0 Å². The highest BCUT2D eigenvalue weighted by Gasteiger charge is 2.12. The molecule has 2 aromatic heterocycles. The Labute approximate surface area is 136 Å². The Morgan fingerprint density at radius 3 is 2.42 bits per heavy atom. The summed E-state index contributed by atoms with van der Waals surface area (Å²) in [5.41, 5.74) is 2.89. The normalized spacial score (nSPS) is 10.7. The predicted octanol–water partition coefficient (Wildman–Crippen LogP) is 3.62. The zero-order valence-electron chi connectivity index (χ0n) is 13.0. The number of carbonyl (C=O) groups excluding carboxylic acids is 1. The van der Waals surface area contributed by atoms with Crippen LogP contribution in [0.15, 0.2) is 36.5 Å². The first-order valence-corrected chi connectivity index (χ1v) is 7.19. The molecule has 0 atom stereocenters. The van der Waals surface area contributed by atoms with Crippen molar-refractivity contribution in [1.29, 1.82) is 0 Å². The maximum atomic E-state index is 13.3. The molecule has 0 saturated carbocycles. The van der Waals surface area contributed by atoms with Gasteiger partial charge in [-0.05, 0) is 43.2 Å². The van der Waals surface area contributed by atoms with Crippen molar-refractivity contribution in [2.24, 2.45) is 0 Å². The van der Waals surface area contributed by atoms with Crippen LogP contribution in [0.3, 0.4) is 0 Å². The van der Waals surface area contributed by atoms with Crippen LogP contribution in [0.25, 0.3) is 11.3 Å². The van der Waals surface area contributed by atoms with Gasteiger partial charge < -0.3 is 5.32 Å². The summed E-state index contributed by atoms with van der Waals surface area (Å²) >= 11 is 0. The number of nitrogens with one attached hydrogen (secondary N) is 2. The van der Waals surface area contributed by atoms with E-state index in [1.54, 1.807) is 12.3 Å². The maximum Gasteiger partial charge on any atom is 0.275 e. The zero-order valence-corrected chi connectivity index (χ0v) is 13.0. The third-order valence-corrected chi connectivity index (χ3v) is 3.60. The van der Waals surface area contributed by atoms with Crippen molar-refractivity contribution in [3.8, 4) is 11.3 Å². The number of halogens is 2. The number of rotatable bonds is 3. The van der Waals surface area contributed by atoms with E-state index < -0.39 is 17.5 Å². The fraction of sp³-hybridized carbons (Fsp3) is 0.118. The Hall–Kier alpha value is -3.09. The highest BCUT2D eigenvalue weighted by atomic mass is 19.1. The average molecular weight is 328 g/mol. The highest BCUT2D eigenvalue weighted by molar-refractivity contribution is 6.02. The Morgan fingerprint density at radius 2 is 1.75 bits per heavy atom. The van der Waals surface area contributed by atoms with Crippen molar-refractivity contribution in [2.45, 2.75) is 13.8 Å². The van der Waals surface area contributed by atoms with Gasteiger partial charge in [0.15, 0.2) is 5.82 Å². The van der Waals surface area contributed by atoms with Crippen molar-refractivity contribution in [3.63, 3.8) is 0 Å². The number of aryl methyl sites for hydroxylation is 2. The summed E-state index contributed by atoms with van der Waals surface area (Å²) < 4.78 is 26.5. The summed E-state index contributed by atoms with van der Waals surface area (Å²) in [6, 6.07) is 6.31. The number of anilines is 1. The van der Waals surface area contributed by atoms with E-state index in [1.165, 1.54) is 18.2 Å². The van der Waals surface area contributed by atoms with Gasteiger partial charge in [0.1, 0.15) is 17.3 Å². The summed E-state index contributed by atoms with van der Waals surface area (Å²) in [5.74, 6) is -1.56. The van der Waals surface area contributed by atoms with Crippen molar-refractivity contribution < 1.29 is 13.6 Å². The predicted molar refractivity (Wildman–Crippen MR) is 85.6 cm³/mol. The van der Waals surface area contributed by atoms with Crippen LogP contribution >= 0.6 is 0 Å². The minimum atomic E-state index is -0.690. The fourth-order valence-electron chi connectivity index (χ4n) is 2.17. The third-order valence-electron chi connectivity index (χ3n) is 3.60. The molecule has 0 fully saturated rings. The molecule has 2 heterocycles. The summed E-state index contributed by atoms with van der Waals surface area (Å²) in [5, 5.41) is 9.16. The molecule has 0 aliphatic carbocycles. The lowest BCUT2D eigenvalue weighted by Crippen LogP contribution is -2.14. The number of benzene rings is 1. The van der Waals surface area contributed by atoms with Gasteiger partial charge >= 0.3 is 0 Å². The molecule has 0 radical (unpaired) electrons. The number of hydrogen-bond acceptors (Lipinski definition) is 3. The van der Waals surface area contributed by atoms with Gasteiger partial charge in [0, 0.05) is 23.9 Å². The van der Waals surface area contributed by atoms with Gasteiger partial charge in [-0.2, -0.15) is 5.10 Å². The lowest BCUT2D eigenvalue weighted by molar-refractivity contribution is 0.102. The van der Waals surface area contributed by atoms with E-state index in [2.05, 4.69) is 20.5 Å². The number of amides is 1. The largest absolute Gasteiger partial charge is 0.304 e. The molecule has 0 bridgehead atoms. The van der Waals surface area contributed by atoms with Gasteiger partial charge in [-0.25, -0.2) is 8.78 Å². The van der Waals surface area contributed by atoms with E-state index in [-0.39, 0.29) is 11.5 Å². The molecule has 0 unspecified atom stereocenters. The number of H-pyrrole nitrogens is 1. The minimum Gasteiger partial charge on any atom is -0.304 e. The number of hydrogen-bond donors (Lipinski definition) is 2. The fourth-order valence-corrected chi connectivity index (χ4v) is 2.17. The molecule has 5 nitrogen and oxygen atoms in total. The SMILES string of the molecule is Cc1cnc(C(=O)Nc2cc(-c3cc(F)cc(F)c3)[nH]n2)cc1C. The molecular weight excluding hydrogens is 314 g/mol. The van der Waals surface area contributed by atoms with E-state index in [1.807, 2.05) is 13.8 Å². The van der Waals surface area contributed by atoms with Crippen molar-refractivity contribution in [2.75, 3.05) is 5.32 Å². The van der Waals surface area contributed by atoms with Gasteiger partial charge in [0.05, 0.1) is 5.69 Å². The van der Waals surface area contributed by atoms with Crippen LogP contribution in [0.5, 0.6) is 0 Å². The summed E-state index contributed by atoms with van der Waals surface area (Å²) in [6.07, 6.45) is 1.62. The van der Waals surface area contributed by atoms with Crippen molar-refractivity contribution >= 4 is 11.7 Å². The molecule has 1 amide bonds. The lowest BCUT2D eigenvalue weighted by Gasteiger charge is -2.04. The first kappa shape index (κ1) is 15.8. The molecule has 3 aromatic rings. The summed E-state index contributed by atoms with van der Waals surface area (Å²) in [4.78, 5) is 16.3. The van der Waals surface area contributed by atoms with Crippen LogP contribution in [0.2, 0.25) is 0 Å². The van der Waals surface area contributed by atoms with Crippen molar-refractivity contribution in [1.82, 2.24) is 15.2 Å². The van der Waals surface area contributed by atoms with Crippen LogP contribution in [-0.4, -0.2) is 21.1 Å². The van der Waals surface area contributed by atoms with E-state index >= 15 is 0 Å². The third kappa shape index (κ3) is 3.29. The van der Waals surface area contributed by atoms with E-state index in [9.17, 15) is 13.6 Å². The Bertz CT molecular complexity index is 900. The van der Waals surface area contributed by atoms with Gasteiger partial charge in [-0.1, -0.05) is 0 Å². The van der Waals surface area contributed by atoms with Gasteiger partial charge in [0.25, 0.3) is 5.91 Å². The zero-order chi connectivity index (χ0) is 17.3. The molecule has 7 heteroatoms. The number of aromatic nitrogens is 3. The Kier molecular flexibility index (Phi) is 4.07. The smallest absolute Gasteiger partial charge is 0.275 e. The van der Waals surface area contributed by atoms with Crippen LogP contribution in [0.4, 0.5) is 14.6 Å². The quantitative estimate of drug-likeness (QED) is 0.771. The molecule has 2 N–H and O–H groups in total. The first-order valence-electron chi connectivity index (χ1n) is 7.19. The molecule has 1 aromatic carbocycles. The molecule has 3 rings (SSSR count). The second kappa shape index (κ2) is 6.19. The van der Waals surface area contributed by atoms with E-state index in [0.29, 0.717) is 11.3 Å². The molecule has 122 valence electrons. The number of carbonyl (C=O) groups is 1. The number of nitrogens with zero attached hydrogens (tertiary/aromatic N) is 2. The van der Waals surface area contributed by atoms with Crippen LogP contribution in [0.1, 0.15) is 21.6 Å². The monoisotopic (exact) mass is 328 g/mol. The Balaban J connectivity index is 1.80. The second-order valence-electron chi connectivity index (χ2n) is 5.43. The molecular formula is C17H14F2N4O. The van der Waals surface area contributed by atoms with Crippen molar-refractivity contribution in [3.05, 3.63) is 65.0 Å². The number of pyridine rings is 1. The maximum absolute atomic E-state index is 13.3. The van der Waals surface area contributed by atoms with Gasteiger partial charge in [-0.3, -0.25) is 14.9 Å². The van der Waals surface area contributed by atoms with E-state index in [4.69, 9.17) is 0 Å². The minimum absolute atomic E-state index is 0.236. The summed E-state index contributed by atoms with van der Waals surface area (Å²) in [6.45, 7) is 3.79. The Morgan fingerprint density at radius 1 is 1.04 bits per heavy atom. The van der Waals surface area contributed by atoms with Crippen LogP contribution < -0.4 is 5.32 Å². The second-order valence-corrected chi connectivity index (χ2v) is 5.43. The highest BCUT2D eigenvalue weighted by Crippen LogP contribution is 2.22. The standard InChI is InChI=1S/C17H14F2N4O/c1-9-3-15(20-8-10(9)2)17(24)21-16-7-14(22-23-16)11-4-12(18)6-13(19)5-11/h3-8H,1-2H3,(H2,21,22,23,24). The number of aromatic amines is 1. The topological polar surface area (TPSA) is 70.7 Å². The van der Waals surface area contributed by atoms with Crippen LogP contribution in [-0.2, 0) is 0 Å².